The lowest BCUT2D eigenvalue weighted by molar-refractivity contribution is 0.415. The Morgan fingerprint density at radius 3 is 2.44 bits per heavy atom. The van der Waals surface area contributed by atoms with Crippen molar-refractivity contribution in [2.24, 2.45) is 0 Å². The molecular weight excluding hydrogens is 228 g/mol. The van der Waals surface area contributed by atoms with Crippen LogP contribution in [0.5, 0.6) is 5.75 Å². The van der Waals surface area contributed by atoms with Crippen molar-refractivity contribution < 1.29 is 4.74 Å². The molecule has 1 aromatic carbocycles. The van der Waals surface area contributed by atoms with Gasteiger partial charge in [-0.05, 0) is 29.7 Å². The van der Waals surface area contributed by atoms with Crippen molar-refractivity contribution in [3.8, 4) is 5.75 Å². The van der Waals surface area contributed by atoms with Crippen LogP contribution in [0.25, 0.3) is 10.8 Å². The Kier molecular flexibility index (Phi) is 4.54. The Balaban J connectivity index is 0.000000771. The molecule has 1 N–H and O–H groups in total. The molecule has 18 heavy (non-hydrogen) atoms. The molecule has 4 nitrogen and oxygen atoms in total. The second-order valence-corrected chi connectivity index (χ2v) is 3.83. The highest BCUT2D eigenvalue weighted by atomic mass is 16.5. The predicted octanol–water partition coefficient (Wildman–Crippen LogP) is 2.40. The van der Waals surface area contributed by atoms with Crippen LogP contribution in [-0.2, 0) is 0 Å². The maximum Gasteiger partial charge on any atom is 0.257 e. The highest BCUT2D eigenvalue weighted by molar-refractivity contribution is 5.85. The maximum absolute atomic E-state index is 11.8. The summed E-state index contributed by atoms with van der Waals surface area (Å²) < 4.78 is 5.14. The van der Waals surface area contributed by atoms with Crippen molar-refractivity contribution >= 4 is 16.6 Å². The average Bonchev–Trinajstić information content (AvgIpc) is 2.40. The summed E-state index contributed by atoms with van der Waals surface area (Å²) in [5, 5.41) is 1.55. The van der Waals surface area contributed by atoms with Crippen LogP contribution >= 0.6 is 0 Å². The van der Waals surface area contributed by atoms with Gasteiger partial charge in [0.25, 0.3) is 5.56 Å². The third kappa shape index (κ3) is 2.71. The molecule has 0 fully saturated rings. The van der Waals surface area contributed by atoms with Crippen molar-refractivity contribution in [1.82, 2.24) is 4.98 Å². The number of aromatic nitrogens is 1. The Morgan fingerprint density at radius 1 is 1.22 bits per heavy atom. The van der Waals surface area contributed by atoms with Crippen LogP contribution in [0.3, 0.4) is 0 Å². The average molecular weight is 246 g/mol. The molecule has 1 aromatic heterocycles. The fourth-order valence-electron chi connectivity index (χ4n) is 1.60. The number of rotatable bonds is 2. The van der Waals surface area contributed by atoms with E-state index in [9.17, 15) is 4.79 Å². The summed E-state index contributed by atoms with van der Waals surface area (Å²) in [6, 6.07) is 7.34. The van der Waals surface area contributed by atoms with E-state index in [-0.39, 0.29) is 5.56 Å². The van der Waals surface area contributed by atoms with E-state index >= 15 is 0 Å². The number of nitrogens with one attached hydrogen (secondary N) is 1. The van der Waals surface area contributed by atoms with Crippen molar-refractivity contribution in [3.63, 3.8) is 0 Å². The van der Waals surface area contributed by atoms with Gasteiger partial charge in [-0.3, -0.25) is 4.79 Å². The van der Waals surface area contributed by atoms with Crippen molar-refractivity contribution in [1.29, 1.82) is 0 Å². The van der Waals surface area contributed by atoms with Gasteiger partial charge in [-0.15, -0.1) is 13.2 Å². The molecule has 2 aromatic rings. The molecule has 2 rings (SSSR count). The minimum atomic E-state index is -0.0798. The maximum atomic E-state index is 11.8. The number of ether oxygens (including phenoxy) is 1. The van der Waals surface area contributed by atoms with Gasteiger partial charge in [0.1, 0.15) is 11.6 Å². The smallest absolute Gasteiger partial charge is 0.257 e. The molecule has 0 amide bonds. The summed E-state index contributed by atoms with van der Waals surface area (Å²) in [6.45, 7) is 6.00. The largest absolute Gasteiger partial charge is 0.497 e. The normalized spacial score (nSPS) is 9.50. The molecule has 1 heterocycles. The summed E-state index contributed by atoms with van der Waals surface area (Å²) in [7, 11) is 5.38. The molecule has 0 unspecified atom stereocenters. The number of anilines is 1. The quantitative estimate of drug-likeness (QED) is 0.828. The second-order valence-electron chi connectivity index (χ2n) is 3.83. The summed E-state index contributed by atoms with van der Waals surface area (Å²) in [5.41, 5.74) is -0.0798. The first-order chi connectivity index (χ1) is 8.61. The molecule has 0 bridgehead atoms. The van der Waals surface area contributed by atoms with Crippen LogP contribution in [0.1, 0.15) is 0 Å². The number of hydrogen-bond donors (Lipinski definition) is 1. The number of pyridine rings is 1. The van der Waals surface area contributed by atoms with Crippen LogP contribution in [0.4, 0.5) is 5.82 Å². The predicted molar refractivity (Wildman–Crippen MR) is 76.7 cm³/mol. The minimum absolute atomic E-state index is 0.0798. The van der Waals surface area contributed by atoms with E-state index in [1.54, 1.807) is 19.2 Å². The molecule has 0 saturated heterocycles. The van der Waals surface area contributed by atoms with E-state index in [1.807, 2.05) is 31.1 Å². The Bertz CT molecular complexity index is 588. The fourth-order valence-corrected chi connectivity index (χ4v) is 1.60. The Labute approximate surface area is 107 Å². The Hall–Kier alpha value is -2.23. The first-order valence-corrected chi connectivity index (χ1v) is 5.50. The van der Waals surface area contributed by atoms with Crippen LogP contribution in [-0.4, -0.2) is 26.2 Å². The fraction of sp³-hybridized carbons (Fsp3) is 0.214. The van der Waals surface area contributed by atoms with E-state index in [2.05, 4.69) is 18.1 Å². The van der Waals surface area contributed by atoms with Crippen LogP contribution in [0.15, 0.2) is 42.2 Å². The van der Waals surface area contributed by atoms with E-state index in [0.717, 1.165) is 17.0 Å². The van der Waals surface area contributed by atoms with Gasteiger partial charge in [0.05, 0.1) is 7.11 Å². The van der Waals surface area contributed by atoms with E-state index in [0.29, 0.717) is 5.39 Å². The van der Waals surface area contributed by atoms with Crippen LogP contribution < -0.4 is 15.2 Å². The molecule has 0 radical (unpaired) electrons. The monoisotopic (exact) mass is 246 g/mol. The lowest BCUT2D eigenvalue weighted by atomic mass is 10.1. The SMILES string of the molecule is C=C.COc1ccc2c(=O)[nH]c(N(C)C)cc2c1. The van der Waals surface area contributed by atoms with Crippen LogP contribution in [0, 0.1) is 0 Å². The highest BCUT2D eigenvalue weighted by Crippen LogP contribution is 2.20. The van der Waals surface area contributed by atoms with E-state index < -0.39 is 0 Å². The standard InChI is InChI=1S/C12H14N2O2.C2H4/c1-14(2)11-7-8-6-9(16-3)4-5-10(8)12(15)13-11;1-2/h4-7H,1-3H3,(H,13,15);1-2H2. The number of fused-ring (bicyclic) bond motifs is 1. The van der Waals surface area contributed by atoms with Crippen LogP contribution in [0.2, 0.25) is 0 Å². The van der Waals surface area contributed by atoms with Gasteiger partial charge in [0, 0.05) is 19.5 Å². The van der Waals surface area contributed by atoms with Crippen molar-refractivity contribution in [2.45, 2.75) is 0 Å². The third-order valence-corrected chi connectivity index (χ3v) is 2.52. The van der Waals surface area contributed by atoms with Gasteiger partial charge in [-0.1, -0.05) is 0 Å². The van der Waals surface area contributed by atoms with Gasteiger partial charge < -0.3 is 14.6 Å². The molecule has 0 saturated carbocycles. The molecule has 0 spiro atoms. The van der Waals surface area contributed by atoms with Gasteiger partial charge in [0.2, 0.25) is 0 Å². The molecule has 4 heteroatoms. The zero-order valence-electron chi connectivity index (χ0n) is 11.0. The Morgan fingerprint density at radius 2 is 1.89 bits per heavy atom. The number of nitrogens with zero attached hydrogens (tertiary/aromatic N) is 1. The summed E-state index contributed by atoms with van der Waals surface area (Å²) in [6.07, 6.45) is 0. The van der Waals surface area contributed by atoms with E-state index in [1.165, 1.54) is 0 Å². The molecule has 0 atom stereocenters. The third-order valence-electron chi connectivity index (χ3n) is 2.52. The second kappa shape index (κ2) is 5.91. The summed E-state index contributed by atoms with van der Waals surface area (Å²) >= 11 is 0. The minimum Gasteiger partial charge on any atom is -0.497 e. The zero-order valence-corrected chi connectivity index (χ0v) is 11.0. The van der Waals surface area contributed by atoms with Gasteiger partial charge >= 0.3 is 0 Å². The lowest BCUT2D eigenvalue weighted by Gasteiger charge is -2.12. The van der Waals surface area contributed by atoms with Gasteiger partial charge in [0.15, 0.2) is 0 Å². The number of H-pyrrole nitrogens is 1. The number of methoxy groups -OCH3 is 1. The van der Waals surface area contributed by atoms with E-state index in [4.69, 9.17) is 4.74 Å². The van der Waals surface area contributed by atoms with Gasteiger partial charge in [-0.2, -0.15) is 0 Å². The zero-order chi connectivity index (χ0) is 13.7. The van der Waals surface area contributed by atoms with Crippen molar-refractivity contribution in [3.05, 3.63) is 47.8 Å². The summed E-state index contributed by atoms with van der Waals surface area (Å²) in [5.74, 6) is 1.54. The number of aromatic amines is 1. The first-order valence-electron chi connectivity index (χ1n) is 5.50. The molecule has 0 aliphatic rings. The summed E-state index contributed by atoms with van der Waals surface area (Å²) in [4.78, 5) is 16.5. The molecular formula is C14H18N2O2. The topological polar surface area (TPSA) is 45.3 Å². The molecule has 0 aliphatic carbocycles. The highest BCUT2D eigenvalue weighted by Gasteiger charge is 2.04. The number of benzene rings is 1. The van der Waals surface area contributed by atoms with Crippen molar-refractivity contribution in [2.75, 3.05) is 26.1 Å². The molecule has 0 aliphatic heterocycles. The van der Waals surface area contributed by atoms with Gasteiger partial charge in [-0.25, -0.2) is 0 Å². The lowest BCUT2D eigenvalue weighted by Crippen LogP contribution is -2.16. The first kappa shape index (κ1) is 13.8. The molecule has 96 valence electrons. The number of hydrogen-bond acceptors (Lipinski definition) is 3.